The number of hydrogen-bond acceptors (Lipinski definition) is 4. The third-order valence-electron chi connectivity index (χ3n) is 6.14. The molecule has 1 aliphatic heterocycles. The summed E-state index contributed by atoms with van der Waals surface area (Å²) < 4.78 is 88.3. The minimum Gasteiger partial charge on any atom is -0.486 e. The fourth-order valence-electron chi connectivity index (χ4n) is 4.19. The molecular weight excluding hydrogens is 548 g/mol. The molecule has 38 heavy (non-hydrogen) atoms. The van der Waals surface area contributed by atoms with Crippen molar-refractivity contribution in [3.63, 3.8) is 0 Å². The van der Waals surface area contributed by atoms with Crippen molar-refractivity contribution in [1.82, 2.24) is 0 Å². The molecule has 6 nitrogen and oxygen atoms in total. The number of nitrogens with zero attached hydrogens (tertiary/aromatic N) is 1. The number of ether oxygens (including phenoxy) is 1. The van der Waals surface area contributed by atoms with Crippen LogP contribution in [0.25, 0.3) is 0 Å². The zero-order valence-corrected chi connectivity index (χ0v) is 21.4. The Balaban J connectivity index is 1.71. The first-order chi connectivity index (χ1) is 17.9. The van der Waals surface area contributed by atoms with Gasteiger partial charge in [0.1, 0.15) is 17.7 Å². The summed E-state index contributed by atoms with van der Waals surface area (Å²) in [6.45, 7) is -0.249. The third-order valence-corrected chi connectivity index (χ3v) is 8.27. The molecule has 12 heteroatoms. The monoisotopic (exact) mass is 570 g/mol. The minimum atomic E-state index is -4.74. The van der Waals surface area contributed by atoms with Gasteiger partial charge in [0.15, 0.2) is 0 Å². The van der Waals surface area contributed by atoms with Gasteiger partial charge in [-0.15, -0.1) is 0 Å². The molecule has 0 aromatic heterocycles. The van der Waals surface area contributed by atoms with Gasteiger partial charge in [0.2, 0.25) is 5.91 Å². The third kappa shape index (κ3) is 6.05. The number of aryl methyl sites for hydroxylation is 1. The van der Waals surface area contributed by atoms with Crippen LogP contribution in [0.4, 0.5) is 23.2 Å². The highest BCUT2D eigenvalue weighted by Gasteiger charge is 2.37. The predicted molar refractivity (Wildman–Crippen MR) is 134 cm³/mol. The maximum Gasteiger partial charge on any atom is 0.416 e. The number of carbonyl (C=O) groups is 1. The first-order valence-corrected chi connectivity index (χ1v) is 13.4. The van der Waals surface area contributed by atoms with Crippen molar-refractivity contribution in [1.29, 1.82) is 0 Å². The normalized spacial score (nSPS) is 15.6. The van der Waals surface area contributed by atoms with Gasteiger partial charge in [-0.1, -0.05) is 29.8 Å². The van der Waals surface area contributed by atoms with Crippen LogP contribution in [0.3, 0.4) is 0 Å². The molecule has 1 aliphatic rings. The van der Waals surface area contributed by atoms with Crippen LogP contribution in [0.5, 0.6) is 5.75 Å². The Kier molecular flexibility index (Phi) is 7.89. The second-order valence-corrected chi connectivity index (χ2v) is 11.1. The average Bonchev–Trinajstić information content (AvgIpc) is 2.86. The smallest absolute Gasteiger partial charge is 0.416 e. The van der Waals surface area contributed by atoms with Crippen LogP contribution < -0.4 is 14.8 Å². The highest BCUT2D eigenvalue weighted by Crippen LogP contribution is 2.40. The highest BCUT2D eigenvalue weighted by molar-refractivity contribution is 7.92. The Labute approximate surface area is 222 Å². The van der Waals surface area contributed by atoms with Gasteiger partial charge in [-0.05, 0) is 67.3 Å². The van der Waals surface area contributed by atoms with E-state index in [0.29, 0.717) is 23.6 Å². The summed E-state index contributed by atoms with van der Waals surface area (Å²) in [7, 11) is -4.47. The molecule has 1 unspecified atom stereocenters. The summed E-state index contributed by atoms with van der Waals surface area (Å²) in [6.07, 6.45) is -4.93. The lowest BCUT2D eigenvalue weighted by molar-refractivity contribution is -0.137. The largest absolute Gasteiger partial charge is 0.486 e. The zero-order valence-electron chi connectivity index (χ0n) is 19.8. The SMILES string of the molecule is NC(=O)CCC1CN(S(=O)(=O)c2cccc(C(F)(F)F)c2)c2cc(CCc3c(F)cccc3Cl)ccc2O1. The van der Waals surface area contributed by atoms with Gasteiger partial charge < -0.3 is 10.5 Å². The molecule has 1 heterocycles. The van der Waals surface area contributed by atoms with Gasteiger partial charge in [-0.3, -0.25) is 9.10 Å². The number of anilines is 1. The van der Waals surface area contributed by atoms with Gasteiger partial charge in [-0.25, -0.2) is 12.8 Å². The molecule has 4 rings (SSSR count). The lowest BCUT2D eigenvalue weighted by Crippen LogP contribution is -2.44. The van der Waals surface area contributed by atoms with Crippen LogP contribution in [-0.4, -0.2) is 27.0 Å². The molecule has 0 saturated carbocycles. The van der Waals surface area contributed by atoms with Crippen molar-refractivity contribution in [2.24, 2.45) is 5.73 Å². The summed E-state index contributed by atoms with van der Waals surface area (Å²) in [5.74, 6) is -0.896. The first kappa shape index (κ1) is 27.7. The molecule has 1 amide bonds. The number of sulfonamides is 1. The molecular formula is C26H23ClF4N2O4S. The maximum atomic E-state index is 14.2. The van der Waals surface area contributed by atoms with Gasteiger partial charge in [0.25, 0.3) is 10.0 Å². The Hall–Kier alpha value is -3.31. The van der Waals surface area contributed by atoms with E-state index >= 15 is 0 Å². The molecule has 0 spiro atoms. The second-order valence-electron chi connectivity index (χ2n) is 8.81. The molecule has 0 radical (unpaired) electrons. The molecule has 0 aliphatic carbocycles. The van der Waals surface area contributed by atoms with Crippen LogP contribution in [0.15, 0.2) is 65.6 Å². The van der Waals surface area contributed by atoms with E-state index in [-0.39, 0.29) is 42.3 Å². The zero-order chi connectivity index (χ0) is 27.7. The fraction of sp³-hybridized carbons (Fsp3) is 0.269. The second kappa shape index (κ2) is 10.8. The Bertz CT molecular complexity index is 1440. The van der Waals surface area contributed by atoms with Gasteiger partial charge in [0, 0.05) is 17.0 Å². The van der Waals surface area contributed by atoms with Crippen LogP contribution >= 0.6 is 11.6 Å². The summed E-state index contributed by atoms with van der Waals surface area (Å²) in [6, 6.07) is 12.6. The number of rotatable bonds is 8. The van der Waals surface area contributed by atoms with E-state index in [1.165, 1.54) is 12.1 Å². The lowest BCUT2D eigenvalue weighted by Gasteiger charge is -2.36. The van der Waals surface area contributed by atoms with E-state index in [0.717, 1.165) is 22.5 Å². The Morgan fingerprint density at radius 1 is 1.08 bits per heavy atom. The molecule has 202 valence electrons. The van der Waals surface area contributed by atoms with Crippen molar-refractivity contribution < 1.29 is 35.5 Å². The van der Waals surface area contributed by atoms with Crippen LogP contribution in [0.2, 0.25) is 5.02 Å². The molecule has 3 aromatic carbocycles. The molecule has 0 fully saturated rings. The number of hydrogen-bond donors (Lipinski definition) is 1. The molecule has 0 bridgehead atoms. The molecule has 1 atom stereocenters. The van der Waals surface area contributed by atoms with Crippen molar-refractivity contribution >= 4 is 33.2 Å². The quantitative estimate of drug-likeness (QED) is 0.362. The van der Waals surface area contributed by atoms with Crippen molar-refractivity contribution in [3.05, 3.63) is 88.2 Å². The molecule has 0 saturated heterocycles. The lowest BCUT2D eigenvalue weighted by atomic mass is 10.0. The molecule has 2 N–H and O–H groups in total. The Morgan fingerprint density at radius 3 is 2.50 bits per heavy atom. The standard InChI is InChI=1S/C26H23ClF4N2O4S/c27-21-5-2-6-22(28)20(21)10-7-16-8-11-24-23(13-16)33(15-18(37-24)9-12-25(32)34)38(35,36)19-4-1-3-17(14-19)26(29,30)31/h1-6,8,11,13-14,18H,7,9-10,12,15H2,(H2,32,34). The number of nitrogens with two attached hydrogens (primary N) is 1. The number of alkyl halides is 3. The number of amides is 1. The van der Waals surface area contributed by atoms with E-state index in [1.54, 1.807) is 24.3 Å². The highest BCUT2D eigenvalue weighted by atomic mass is 35.5. The Morgan fingerprint density at radius 2 is 1.82 bits per heavy atom. The van der Waals surface area contributed by atoms with Crippen molar-refractivity contribution in [2.45, 2.75) is 42.9 Å². The number of benzene rings is 3. The number of halogens is 5. The van der Waals surface area contributed by atoms with E-state index in [1.807, 2.05) is 0 Å². The van der Waals surface area contributed by atoms with E-state index in [9.17, 15) is 30.8 Å². The summed E-state index contributed by atoms with van der Waals surface area (Å²) in [4.78, 5) is 10.7. The van der Waals surface area contributed by atoms with Crippen LogP contribution in [0, 0.1) is 5.82 Å². The van der Waals surface area contributed by atoms with E-state index < -0.39 is 44.5 Å². The summed E-state index contributed by atoms with van der Waals surface area (Å²) in [5.41, 5.74) is 5.18. The van der Waals surface area contributed by atoms with Gasteiger partial charge in [-0.2, -0.15) is 13.2 Å². The van der Waals surface area contributed by atoms with Crippen LogP contribution in [-0.2, 0) is 33.8 Å². The van der Waals surface area contributed by atoms with E-state index in [4.69, 9.17) is 22.1 Å². The minimum absolute atomic E-state index is 0.0705. The van der Waals surface area contributed by atoms with Crippen molar-refractivity contribution in [3.8, 4) is 5.75 Å². The average molecular weight is 571 g/mol. The van der Waals surface area contributed by atoms with Crippen molar-refractivity contribution in [2.75, 3.05) is 10.8 Å². The van der Waals surface area contributed by atoms with Gasteiger partial charge >= 0.3 is 6.18 Å². The van der Waals surface area contributed by atoms with Gasteiger partial charge in [0.05, 0.1) is 22.7 Å². The number of fused-ring (bicyclic) bond motifs is 1. The fourth-order valence-corrected chi connectivity index (χ4v) is 6.00. The van der Waals surface area contributed by atoms with E-state index in [2.05, 4.69) is 0 Å². The number of primary amides is 1. The number of carbonyl (C=O) groups excluding carboxylic acids is 1. The topological polar surface area (TPSA) is 89.7 Å². The molecule has 3 aromatic rings. The maximum absolute atomic E-state index is 14.2. The first-order valence-electron chi connectivity index (χ1n) is 11.6. The summed E-state index contributed by atoms with van der Waals surface area (Å²) in [5, 5.41) is 0.261. The summed E-state index contributed by atoms with van der Waals surface area (Å²) >= 11 is 6.11. The predicted octanol–water partition coefficient (Wildman–Crippen LogP) is 5.50. The van der Waals surface area contributed by atoms with Crippen LogP contribution in [0.1, 0.15) is 29.5 Å².